The Hall–Kier alpha value is -2.99. The number of hydrogen-bond donors (Lipinski definition) is 0. The van der Waals surface area contributed by atoms with E-state index in [-0.39, 0.29) is 30.4 Å². The third-order valence-corrected chi connectivity index (χ3v) is 6.80. The van der Waals surface area contributed by atoms with Gasteiger partial charge >= 0.3 is 5.97 Å². The van der Waals surface area contributed by atoms with Gasteiger partial charge in [-0.2, -0.15) is 5.10 Å². The van der Waals surface area contributed by atoms with Crippen LogP contribution in [0.3, 0.4) is 0 Å². The number of esters is 1. The van der Waals surface area contributed by atoms with E-state index in [1.54, 1.807) is 5.01 Å². The van der Waals surface area contributed by atoms with E-state index in [1.165, 1.54) is 11.1 Å². The van der Waals surface area contributed by atoms with E-state index in [2.05, 4.69) is 62.1 Å². The summed E-state index contributed by atoms with van der Waals surface area (Å²) in [5.74, 6) is -0.354. The van der Waals surface area contributed by atoms with E-state index in [1.807, 2.05) is 13.0 Å². The molecule has 2 atom stereocenters. The Morgan fingerprint density at radius 1 is 1.09 bits per heavy atom. The van der Waals surface area contributed by atoms with Gasteiger partial charge < -0.3 is 4.74 Å². The van der Waals surface area contributed by atoms with Crippen molar-refractivity contribution in [3.05, 3.63) is 70.3 Å². The van der Waals surface area contributed by atoms with Crippen LogP contribution in [0.5, 0.6) is 0 Å². The zero-order valence-electron chi connectivity index (χ0n) is 20.7. The van der Waals surface area contributed by atoms with Crippen molar-refractivity contribution in [2.45, 2.75) is 53.0 Å². The zero-order chi connectivity index (χ0) is 24.2. The lowest BCUT2D eigenvalue weighted by molar-refractivity contribution is -0.150. The number of hydrazone groups is 1. The van der Waals surface area contributed by atoms with Crippen molar-refractivity contribution in [1.29, 1.82) is 0 Å². The number of carbonyl (C=O) groups excluding carboxylic acids is 2. The van der Waals surface area contributed by atoms with Crippen LogP contribution in [0.25, 0.3) is 0 Å². The third kappa shape index (κ3) is 5.39. The topological polar surface area (TPSA) is 62.2 Å². The molecule has 1 fully saturated rings. The van der Waals surface area contributed by atoms with Gasteiger partial charge in [0.05, 0.1) is 30.8 Å². The summed E-state index contributed by atoms with van der Waals surface area (Å²) in [6.45, 7) is 10.1. The number of aryl methyl sites for hydroxylation is 3. The normalized spacial score (nSPS) is 20.8. The highest BCUT2D eigenvalue weighted by Crippen LogP contribution is 2.35. The Morgan fingerprint density at radius 2 is 1.88 bits per heavy atom. The van der Waals surface area contributed by atoms with Crippen molar-refractivity contribution in [2.24, 2.45) is 11.0 Å². The number of amides is 1. The first kappa shape index (κ1) is 24.1. The second kappa shape index (κ2) is 10.5. The monoisotopic (exact) mass is 461 g/mol. The maximum absolute atomic E-state index is 13.6. The molecule has 0 radical (unpaired) electrons. The van der Waals surface area contributed by atoms with Gasteiger partial charge in [0, 0.05) is 13.0 Å². The molecule has 2 heterocycles. The molecule has 0 N–H and O–H groups in total. The summed E-state index contributed by atoms with van der Waals surface area (Å²) in [6.07, 6.45) is 2.38. The summed E-state index contributed by atoms with van der Waals surface area (Å²) in [5.41, 5.74) is 6.64. The number of hydrogen-bond acceptors (Lipinski definition) is 5. The van der Waals surface area contributed by atoms with E-state index in [0.717, 1.165) is 41.8 Å². The Balaban J connectivity index is 1.58. The van der Waals surface area contributed by atoms with Gasteiger partial charge in [-0.15, -0.1) is 0 Å². The summed E-state index contributed by atoms with van der Waals surface area (Å²) >= 11 is 0. The molecule has 1 amide bonds. The van der Waals surface area contributed by atoms with Crippen LogP contribution in [0.15, 0.2) is 47.6 Å². The summed E-state index contributed by atoms with van der Waals surface area (Å²) in [6, 6.07) is 14.6. The van der Waals surface area contributed by atoms with E-state index >= 15 is 0 Å². The van der Waals surface area contributed by atoms with Gasteiger partial charge in [0.2, 0.25) is 0 Å². The first-order valence-corrected chi connectivity index (χ1v) is 12.3. The molecule has 0 aliphatic carbocycles. The van der Waals surface area contributed by atoms with E-state index in [0.29, 0.717) is 19.6 Å². The second-order valence-electron chi connectivity index (χ2n) is 9.56. The summed E-state index contributed by atoms with van der Waals surface area (Å²) in [4.78, 5) is 27.9. The fraction of sp³-hybridized carbons (Fsp3) is 0.464. The molecule has 2 aromatic rings. The van der Waals surface area contributed by atoms with Crippen LogP contribution in [0.1, 0.15) is 60.0 Å². The van der Waals surface area contributed by atoms with Crippen LogP contribution in [0.2, 0.25) is 0 Å². The first-order chi connectivity index (χ1) is 16.4. The Kier molecular flexibility index (Phi) is 7.47. The molecule has 34 heavy (non-hydrogen) atoms. The highest BCUT2D eigenvalue weighted by molar-refractivity contribution is 6.03. The number of nitrogens with zero attached hydrogens (tertiary/aromatic N) is 3. The fourth-order valence-corrected chi connectivity index (χ4v) is 5.02. The quantitative estimate of drug-likeness (QED) is 0.592. The molecule has 0 spiro atoms. The molecule has 2 unspecified atom stereocenters. The SMILES string of the molecule is CCOC(=O)C1CCCN(CC(=O)N2N=C(c3cccc(C)c3)CC2c2cc(C)ccc2C)C1. The lowest BCUT2D eigenvalue weighted by Gasteiger charge is -2.32. The van der Waals surface area contributed by atoms with Crippen molar-refractivity contribution >= 4 is 17.6 Å². The van der Waals surface area contributed by atoms with Crippen molar-refractivity contribution < 1.29 is 14.3 Å². The van der Waals surface area contributed by atoms with E-state index < -0.39 is 0 Å². The van der Waals surface area contributed by atoms with Crippen LogP contribution in [-0.2, 0) is 14.3 Å². The van der Waals surface area contributed by atoms with Gasteiger partial charge in [-0.1, -0.05) is 53.6 Å². The van der Waals surface area contributed by atoms with Crippen molar-refractivity contribution in [3.8, 4) is 0 Å². The van der Waals surface area contributed by atoms with Gasteiger partial charge in [-0.05, 0) is 63.8 Å². The molecule has 0 aromatic heterocycles. The third-order valence-electron chi connectivity index (χ3n) is 6.80. The molecule has 2 aliphatic heterocycles. The van der Waals surface area contributed by atoms with Crippen LogP contribution < -0.4 is 0 Å². The number of likely N-dealkylation sites (tertiary alicyclic amines) is 1. The minimum Gasteiger partial charge on any atom is -0.466 e. The molecule has 0 bridgehead atoms. The van der Waals surface area contributed by atoms with Crippen molar-refractivity contribution in [3.63, 3.8) is 0 Å². The maximum atomic E-state index is 13.6. The Labute approximate surface area is 202 Å². The molecule has 180 valence electrons. The van der Waals surface area contributed by atoms with Gasteiger partial charge in [0.1, 0.15) is 0 Å². The Morgan fingerprint density at radius 3 is 2.65 bits per heavy atom. The predicted octanol–water partition coefficient (Wildman–Crippen LogP) is 4.56. The largest absolute Gasteiger partial charge is 0.466 e. The molecular weight excluding hydrogens is 426 g/mol. The Bertz CT molecular complexity index is 1090. The van der Waals surface area contributed by atoms with Crippen LogP contribution in [0.4, 0.5) is 0 Å². The second-order valence-corrected chi connectivity index (χ2v) is 9.56. The van der Waals surface area contributed by atoms with Crippen LogP contribution >= 0.6 is 0 Å². The first-order valence-electron chi connectivity index (χ1n) is 12.3. The molecule has 6 heteroatoms. The van der Waals surface area contributed by atoms with Crippen LogP contribution in [-0.4, -0.2) is 53.7 Å². The molecule has 4 rings (SSSR count). The van der Waals surface area contributed by atoms with Gasteiger partial charge in [-0.25, -0.2) is 5.01 Å². The van der Waals surface area contributed by atoms with Gasteiger partial charge in [-0.3, -0.25) is 14.5 Å². The zero-order valence-corrected chi connectivity index (χ0v) is 20.7. The maximum Gasteiger partial charge on any atom is 0.310 e. The van der Waals surface area contributed by atoms with Gasteiger partial charge in [0.15, 0.2) is 0 Å². The number of benzene rings is 2. The standard InChI is InChI=1S/C28H35N3O3/c1-5-34-28(33)23-10-7-13-30(17-23)18-27(32)31-26(24-15-20(3)11-12-21(24)4)16-25(29-31)22-9-6-8-19(2)14-22/h6,8-9,11-12,14-15,23,26H,5,7,10,13,16-18H2,1-4H3. The molecule has 6 nitrogen and oxygen atoms in total. The van der Waals surface area contributed by atoms with Crippen molar-refractivity contribution in [2.75, 3.05) is 26.2 Å². The summed E-state index contributed by atoms with van der Waals surface area (Å²) in [7, 11) is 0. The summed E-state index contributed by atoms with van der Waals surface area (Å²) in [5, 5.41) is 6.55. The van der Waals surface area contributed by atoms with E-state index in [4.69, 9.17) is 9.84 Å². The number of rotatable bonds is 6. The smallest absolute Gasteiger partial charge is 0.310 e. The highest BCUT2D eigenvalue weighted by Gasteiger charge is 2.36. The average molecular weight is 462 g/mol. The van der Waals surface area contributed by atoms with Crippen molar-refractivity contribution in [1.82, 2.24) is 9.91 Å². The number of piperidine rings is 1. The molecule has 1 saturated heterocycles. The van der Waals surface area contributed by atoms with Gasteiger partial charge in [0.25, 0.3) is 5.91 Å². The van der Waals surface area contributed by atoms with Crippen LogP contribution in [0, 0.1) is 26.7 Å². The molecular formula is C28H35N3O3. The fourth-order valence-electron chi connectivity index (χ4n) is 5.02. The number of ether oxygens (including phenoxy) is 1. The molecule has 0 saturated carbocycles. The predicted molar refractivity (Wildman–Crippen MR) is 134 cm³/mol. The molecule has 2 aromatic carbocycles. The number of carbonyl (C=O) groups is 2. The minimum atomic E-state index is -0.166. The minimum absolute atomic E-state index is 0.0296. The molecule has 2 aliphatic rings. The lowest BCUT2D eigenvalue weighted by Crippen LogP contribution is -2.44. The average Bonchev–Trinajstić information content (AvgIpc) is 3.26. The highest BCUT2D eigenvalue weighted by atomic mass is 16.5. The lowest BCUT2D eigenvalue weighted by atomic mass is 9.93. The van der Waals surface area contributed by atoms with E-state index in [9.17, 15) is 9.59 Å². The summed E-state index contributed by atoms with van der Waals surface area (Å²) < 4.78 is 5.22.